The molecular weight excluding hydrogens is 164 g/mol. The summed E-state index contributed by atoms with van der Waals surface area (Å²) in [6, 6.07) is 1.96. The molecule has 0 aliphatic rings. The van der Waals surface area contributed by atoms with E-state index in [2.05, 4.69) is 29.6 Å². The molecule has 0 aromatic carbocycles. The van der Waals surface area contributed by atoms with E-state index in [1.54, 1.807) is 4.68 Å². The summed E-state index contributed by atoms with van der Waals surface area (Å²) in [5, 5.41) is 10.7. The first-order valence-corrected chi connectivity index (χ1v) is 4.46. The highest BCUT2D eigenvalue weighted by Gasteiger charge is 2.13. The van der Waals surface area contributed by atoms with Crippen LogP contribution >= 0.6 is 0 Å². The van der Waals surface area contributed by atoms with E-state index in [4.69, 9.17) is 0 Å². The third kappa shape index (κ3) is 3.06. The molecule has 0 atom stereocenters. The second kappa shape index (κ2) is 3.79. The van der Waals surface area contributed by atoms with Crippen molar-refractivity contribution < 1.29 is 0 Å². The molecule has 1 aromatic heterocycles. The first kappa shape index (κ1) is 10.1. The Morgan fingerprint density at radius 3 is 2.69 bits per heavy atom. The fourth-order valence-corrected chi connectivity index (χ4v) is 0.909. The van der Waals surface area contributed by atoms with Gasteiger partial charge in [-0.15, -0.1) is 0 Å². The summed E-state index contributed by atoms with van der Waals surface area (Å²) in [5.41, 5.74) is 0.0948. The third-order valence-electron chi connectivity index (χ3n) is 2.10. The first-order chi connectivity index (χ1) is 6.03. The quantitative estimate of drug-likeness (QED) is 0.724. The molecule has 1 aromatic rings. The van der Waals surface area contributed by atoms with E-state index in [9.17, 15) is 0 Å². The monoisotopic (exact) mass is 182 g/mol. The zero-order chi connectivity index (χ0) is 9.90. The summed E-state index contributed by atoms with van der Waals surface area (Å²) < 4.78 is 1.79. The highest BCUT2D eigenvalue weighted by Crippen LogP contribution is 2.05. The van der Waals surface area contributed by atoms with Crippen molar-refractivity contribution in [3.63, 3.8) is 0 Å². The summed E-state index contributed by atoms with van der Waals surface area (Å²) in [6.07, 6.45) is 1.93. The van der Waals surface area contributed by atoms with E-state index in [0.29, 0.717) is 0 Å². The molecule has 0 aliphatic heterocycles. The Morgan fingerprint density at radius 2 is 2.23 bits per heavy atom. The number of likely N-dealkylation sites (N-methyl/N-ethyl adjacent to an activating group) is 1. The van der Waals surface area contributed by atoms with Gasteiger partial charge in [-0.3, -0.25) is 4.68 Å². The fraction of sp³-hybridized carbons (Fsp3) is 0.667. The van der Waals surface area contributed by atoms with Gasteiger partial charge in [0, 0.05) is 31.4 Å². The SMILES string of the molecule is CNC(C)(C)CNc1ccn(C)n1. The first-order valence-electron chi connectivity index (χ1n) is 4.46. The molecule has 74 valence electrons. The highest BCUT2D eigenvalue weighted by atomic mass is 15.3. The second-order valence-corrected chi connectivity index (χ2v) is 3.86. The molecular formula is C9H18N4. The minimum atomic E-state index is 0.0948. The number of nitrogens with zero attached hydrogens (tertiary/aromatic N) is 2. The van der Waals surface area contributed by atoms with Crippen LogP contribution in [0.15, 0.2) is 12.3 Å². The van der Waals surface area contributed by atoms with Gasteiger partial charge < -0.3 is 10.6 Å². The predicted octanol–water partition coefficient (Wildman–Crippen LogP) is 0.830. The third-order valence-corrected chi connectivity index (χ3v) is 2.10. The molecule has 0 radical (unpaired) electrons. The van der Waals surface area contributed by atoms with Crippen molar-refractivity contribution in [2.75, 3.05) is 18.9 Å². The molecule has 0 amide bonds. The Balaban J connectivity index is 2.43. The highest BCUT2D eigenvalue weighted by molar-refractivity contribution is 5.32. The number of nitrogens with one attached hydrogen (secondary N) is 2. The Morgan fingerprint density at radius 1 is 1.54 bits per heavy atom. The van der Waals surface area contributed by atoms with Crippen LogP contribution in [-0.4, -0.2) is 28.9 Å². The van der Waals surface area contributed by atoms with E-state index in [0.717, 1.165) is 12.4 Å². The van der Waals surface area contributed by atoms with Crippen LogP contribution in [0, 0.1) is 0 Å². The molecule has 0 unspecified atom stereocenters. The Hall–Kier alpha value is -1.03. The van der Waals surface area contributed by atoms with Crippen molar-refractivity contribution in [2.24, 2.45) is 7.05 Å². The van der Waals surface area contributed by atoms with E-state index < -0.39 is 0 Å². The maximum atomic E-state index is 4.23. The lowest BCUT2D eigenvalue weighted by molar-refractivity contribution is 0.447. The van der Waals surface area contributed by atoms with Crippen LogP contribution in [0.4, 0.5) is 5.82 Å². The molecule has 0 saturated carbocycles. The van der Waals surface area contributed by atoms with Crippen LogP contribution < -0.4 is 10.6 Å². The number of aromatic nitrogens is 2. The van der Waals surface area contributed by atoms with Crippen molar-refractivity contribution in [1.82, 2.24) is 15.1 Å². The van der Waals surface area contributed by atoms with Crippen molar-refractivity contribution in [2.45, 2.75) is 19.4 Å². The lowest BCUT2D eigenvalue weighted by Crippen LogP contribution is -2.42. The van der Waals surface area contributed by atoms with Crippen molar-refractivity contribution in [3.05, 3.63) is 12.3 Å². The van der Waals surface area contributed by atoms with Gasteiger partial charge in [0.05, 0.1) is 0 Å². The van der Waals surface area contributed by atoms with Crippen molar-refractivity contribution in [3.8, 4) is 0 Å². The van der Waals surface area contributed by atoms with Crippen molar-refractivity contribution in [1.29, 1.82) is 0 Å². The molecule has 0 aliphatic carbocycles. The van der Waals surface area contributed by atoms with E-state index in [1.807, 2.05) is 26.4 Å². The summed E-state index contributed by atoms with van der Waals surface area (Å²) in [5.74, 6) is 0.922. The largest absolute Gasteiger partial charge is 0.367 e. The molecule has 0 spiro atoms. The average molecular weight is 182 g/mol. The molecule has 4 nitrogen and oxygen atoms in total. The second-order valence-electron chi connectivity index (χ2n) is 3.86. The Bertz CT molecular complexity index is 264. The summed E-state index contributed by atoms with van der Waals surface area (Å²) >= 11 is 0. The van der Waals surface area contributed by atoms with Gasteiger partial charge in [0.25, 0.3) is 0 Å². The zero-order valence-electron chi connectivity index (χ0n) is 8.76. The lowest BCUT2D eigenvalue weighted by Gasteiger charge is -2.23. The molecule has 1 rings (SSSR count). The summed E-state index contributed by atoms with van der Waals surface area (Å²) in [6.45, 7) is 5.15. The number of rotatable bonds is 4. The smallest absolute Gasteiger partial charge is 0.148 e. The Labute approximate surface area is 79.3 Å². The summed E-state index contributed by atoms with van der Waals surface area (Å²) in [7, 11) is 3.87. The Kier molecular flexibility index (Phi) is 2.93. The maximum Gasteiger partial charge on any atom is 0.148 e. The van der Waals surface area contributed by atoms with Gasteiger partial charge in [0.15, 0.2) is 0 Å². The van der Waals surface area contributed by atoms with Crippen LogP contribution in [0.1, 0.15) is 13.8 Å². The lowest BCUT2D eigenvalue weighted by atomic mass is 10.1. The standard InChI is InChI=1S/C9H18N4/c1-9(2,10-3)7-11-8-5-6-13(4)12-8/h5-6,10H,7H2,1-4H3,(H,11,12). The van der Waals surface area contributed by atoms with Gasteiger partial charge in [-0.05, 0) is 20.9 Å². The minimum absolute atomic E-state index is 0.0948. The number of anilines is 1. The maximum absolute atomic E-state index is 4.23. The zero-order valence-corrected chi connectivity index (χ0v) is 8.76. The van der Waals surface area contributed by atoms with Crippen LogP contribution in [0.2, 0.25) is 0 Å². The average Bonchev–Trinajstić information content (AvgIpc) is 2.48. The summed E-state index contributed by atoms with van der Waals surface area (Å²) in [4.78, 5) is 0. The van der Waals surface area contributed by atoms with Gasteiger partial charge in [0.2, 0.25) is 0 Å². The minimum Gasteiger partial charge on any atom is -0.367 e. The topological polar surface area (TPSA) is 41.9 Å². The van der Waals surface area contributed by atoms with Gasteiger partial charge >= 0.3 is 0 Å². The number of aryl methyl sites for hydroxylation is 1. The van der Waals surface area contributed by atoms with E-state index in [-0.39, 0.29) is 5.54 Å². The van der Waals surface area contributed by atoms with Gasteiger partial charge in [0.1, 0.15) is 5.82 Å². The molecule has 0 fully saturated rings. The van der Waals surface area contributed by atoms with Gasteiger partial charge in [-0.2, -0.15) is 5.10 Å². The van der Waals surface area contributed by atoms with Crippen LogP contribution in [0.25, 0.3) is 0 Å². The van der Waals surface area contributed by atoms with Crippen LogP contribution in [-0.2, 0) is 7.05 Å². The van der Waals surface area contributed by atoms with Gasteiger partial charge in [-0.1, -0.05) is 0 Å². The van der Waals surface area contributed by atoms with Crippen molar-refractivity contribution >= 4 is 5.82 Å². The number of hydrogen-bond acceptors (Lipinski definition) is 3. The van der Waals surface area contributed by atoms with E-state index >= 15 is 0 Å². The van der Waals surface area contributed by atoms with Crippen LogP contribution in [0.5, 0.6) is 0 Å². The molecule has 0 saturated heterocycles. The normalized spacial score (nSPS) is 11.7. The molecule has 0 bridgehead atoms. The molecule has 1 heterocycles. The molecule has 13 heavy (non-hydrogen) atoms. The molecule has 4 heteroatoms. The van der Waals surface area contributed by atoms with Crippen LogP contribution in [0.3, 0.4) is 0 Å². The fourth-order valence-electron chi connectivity index (χ4n) is 0.909. The van der Waals surface area contributed by atoms with Gasteiger partial charge in [-0.25, -0.2) is 0 Å². The molecule has 2 N–H and O–H groups in total. The predicted molar refractivity (Wildman–Crippen MR) is 54.8 cm³/mol. The van der Waals surface area contributed by atoms with E-state index in [1.165, 1.54) is 0 Å². The number of hydrogen-bond donors (Lipinski definition) is 2.